The largest absolute Gasteiger partial charge is 0.480 e. The summed E-state index contributed by atoms with van der Waals surface area (Å²) in [5.41, 5.74) is 0. The van der Waals surface area contributed by atoms with Gasteiger partial charge in [-0.25, -0.2) is 4.79 Å². The molecule has 1 amide bonds. The molecule has 17 heavy (non-hydrogen) atoms. The van der Waals surface area contributed by atoms with Crippen LogP contribution in [0.4, 0.5) is 0 Å². The Kier molecular flexibility index (Phi) is 5.15. The number of nitrogens with one attached hydrogen (secondary N) is 1. The highest BCUT2D eigenvalue weighted by molar-refractivity contribution is 7.10. The summed E-state index contributed by atoms with van der Waals surface area (Å²) >= 11 is 1.49. The number of carbonyl (C=O) groups excluding carboxylic acids is 1. The lowest BCUT2D eigenvalue weighted by Crippen LogP contribution is -2.45. The first-order valence-electron chi connectivity index (χ1n) is 5.59. The van der Waals surface area contributed by atoms with Crippen molar-refractivity contribution in [2.45, 2.75) is 32.7 Å². The van der Waals surface area contributed by atoms with Crippen LogP contribution in [0, 0.1) is 5.92 Å². The van der Waals surface area contributed by atoms with E-state index < -0.39 is 12.0 Å². The van der Waals surface area contributed by atoms with E-state index in [4.69, 9.17) is 5.11 Å². The second-order valence-corrected chi connectivity index (χ2v) is 5.06. The molecule has 0 radical (unpaired) electrons. The van der Waals surface area contributed by atoms with Crippen LogP contribution in [0.2, 0.25) is 0 Å². The molecule has 0 saturated carbocycles. The highest BCUT2D eigenvalue weighted by Gasteiger charge is 2.25. The first-order chi connectivity index (χ1) is 8.04. The standard InChI is InChI=1S/C12H17NO3S/c1-3-8(2)11(12(15)16)13-10(14)7-9-5-4-6-17-9/h4-6,8,11H,3,7H2,1-2H3,(H,13,14)(H,15,16)/t8?,11-/m0/s1. The monoisotopic (exact) mass is 255 g/mol. The zero-order chi connectivity index (χ0) is 12.8. The van der Waals surface area contributed by atoms with Gasteiger partial charge >= 0.3 is 5.97 Å². The molecule has 0 bridgehead atoms. The number of carboxylic acids is 1. The lowest BCUT2D eigenvalue weighted by molar-refractivity contribution is -0.143. The van der Waals surface area contributed by atoms with Crippen LogP contribution in [0.25, 0.3) is 0 Å². The fourth-order valence-electron chi connectivity index (χ4n) is 1.48. The maximum absolute atomic E-state index is 11.7. The molecule has 0 aromatic carbocycles. The average molecular weight is 255 g/mol. The van der Waals surface area contributed by atoms with Gasteiger partial charge in [0, 0.05) is 4.88 Å². The number of carboxylic acid groups (broad SMARTS) is 1. The second-order valence-electron chi connectivity index (χ2n) is 4.03. The summed E-state index contributed by atoms with van der Waals surface area (Å²) in [4.78, 5) is 23.6. The molecule has 1 aromatic heterocycles. The molecule has 0 aliphatic carbocycles. The molecule has 0 saturated heterocycles. The van der Waals surface area contributed by atoms with E-state index in [1.807, 2.05) is 31.4 Å². The molecular weight excluding hydrogens is 238 g/mol. The Bertz CT molecular complexity index is 375. The first-order valence-corrected chi connectivity index (χ1v) is 6.47. The van der Waals surface area contributed by atoms with Crippen molar-refractivity contribution in [3.05, 3.63) is 22.4 Å². The molecular formula is C12H17NO3S. The maximum Gasteiger partial charge on any atom is 0.326 e. The third-order valence-electron chi connectivity index (χ3n) is 2.71. The van der Waals surface area contributed by atoms with E-state index in [2.05, 4.69) is 5.32 Å². The van der Waals surface area contributed by atoms with Gasteiger partial charge in [0.2, 0.25) is 5.91 Å². The lowest BCUT2D eigenvalue weighted by Gasteiger charge is -2.19. The highest BCUT2D eigenvalue weighted by Crippen LogP contribution is 2.11. The summed E-state index contributed by atoms with van der Waals surface area (Å²) in [6.07, 6.45) is 0.966. The zero-order valence-corrected chi connectivity index (χ0v) is 10.8. The highest BCUT2D eigenvalue weighted by atomic mass is 32.1. The summed E-state index contributed by atoms with van der Waals surface area (Å²) in [7, 11) is 0. The van der Waals surface area contributed by atoms with Gasteiger partial charge in [-0.3, -0.25) is 4.79 Å². The minimum Gasteiger partial charge on any atom is -0.480 e. The summed E-state index contributed by atoms with van der Waals surface area (Å²) in [6.45, 7) is 3.73. The van der Waals surface area contributed by atoms with Crippen LogP contribution >= 0.6 is 11.3 Å². The predicted molar refractivity (Wildman–Crippen MR) is 67.0 cm³/mol. The third-order valence-corrected chi connectivity index (χ3v) is 3.59. The number of aliphatic carboxylic acids is 1. The molecule has 1 aromatic rings. The van der Waals surface area contributed by atoms with Crippen LogP contribution in [-0.4, -0.2) is 23.0 Å². The van der Waals surface area contributed by atoms with E-state index in [9.17, 15) is 9.59 Å². The molecule has 1 heterocycles. The normalized spacial score (nSPS) is 14.0. The van der Waals surface area contributed by atoms with Gasteiger partial charge in [-0.1, -0.05) is 26.3 Å². The Morgan fingerprint density at radius 3 is 2.71 bits per heavy atom. The number of hydrogen-bond acceptors (Lipinski definition) is 3. The van der Waals surface area contributed by atoms with Crippen LogP contribution in [0.15, 0.2) is 17.5 Å². The van der Waals surface area contributed by atoms with Crippen LogP contribution in [-0.2, 0) is 16.0 Å². The van der Waals surface area contributed by atoms with Gasteiger partial charge in [0.05, 0.1) is 6.42 Å². The van der Waals surface area contributed by atoms with Crippen molar-refractivity contribution >= 4 is 23.2 Å². The molecule has 2 atom stereocenters. The number of thiophene rings is 1. The van der Waals surface area contributed by atoms with E-state index >= 15 is 0 Å². The summed E-state index contributed by atoms with van der Waals surface area (Å²) < 4.78 is 0. The maximum atomic E-state index is 11.7. The van der Waals surface area contributed by atoms with Gasteiger partial charge in [-0.15, -0.1) is 11.3 Å². The topological polar surface area (TPSA) is 66.4 Å². The Hall–Kier alpha value is -1.36. The van der Waals surface area contributed by atoms with Crippen molar-refractivity contribution in [3.63, 3.8) is 0 Å². The fourth-order valence-corrected chi connectivity index (χ4v) is 2.18. The van der Waals surface area contributed by atoms with Crippen LogP contribution in [0.5, 0.6) is 0 Å². The van der Waals surface area contributed by atoms with Crippen LogP contribution in [0.1, 0.15) is 25.1 Å². The SMILES string of the molecule is CCC(C)[C@H](NC(=O)Cc1cccs1)C(=O)O. The van der Waals surface area contributed by atoms with Crippen molar-refractivity contribution in [2.24, 2.45) is 5.92 Å². The predicted octanol–water partition coefficient (Wildman–Crippen LogP) is 1.91. The Labute approximate surface area is 105 Å². The minimum absolute atomic E-state index is 0.0696. The Morgan fingerprint density at radius 1 is 1.53 bits per heavy atom. The quantitative estimate of drug-likeness (QED) is 0.816. The van der Waals surface area contributed by atoms with Gasteiger partial charge in [-0.05, 0) is 17.4 Å². The molecule has 5 heteroatoms. The van der Waals surface area contributed by atoms with Gasteiger partial charge in [0.1, 0.15) is 6.04 Å². The van der Waals surface area contributed by atoms with Crippen molar-refractivity contribution < 1.29 is 14.7 Å². The zero-order valence-electron chi connectivity index (χ0n) is 9.97. The van der Waals surface area contributed by atoms with E-state index in [0.29, 0.717) is 0 Å². The number of carbonyl (C=O) groups is 2. The molecule has 0 aliphatic heterocycles. The number of amides is 1. The van der Waals surface area contributed by atoms with Crippen LogP contribution < -0.4 is 5.32 Å². The van der Waals surface area contributed by atoms with E-state index in [-0.39, 0.29) is 18.2 Å². The molecule has 0 fully saturated rings. The Balaban J connectivity index is 2.55. The van der Waals surface area contributed by atoms with Crippen molar-refractivity contribution in [2.75, 3.05) is 0 Å². The van der Waals surface area contributed by atoms with Crippen molar-refractivity contribution in [1.82, 2.24) is 5.32 Å². The average Bonchev–Trinajstić information content (AvgIpc) is 2.77. The van der Waals surface area contributed by atoms with Gasteiger partial charge in [0.25, 0.3) is 0 Å². The van der Waals surface area contributed by atoms with Gasteiger partial charge < -0.3 is 10.4 Å². The number of hydrogen-bond donors (Lipinski definition) is 2. The summed E-state index contributed by atoms with van der Waals surface area (Å²) in [5, 5.41) is 13.5. The Morgan fingerprint density at radius 2 is 2.24 bits per heavy atom. The molecule has 1 rings (SSSR count). The smallest absolute Gasteiger partial charge is 0.326 e. The van der Waals surface area contributed by atoms with E-state index in [1.54, 1.807) is 0 Å². The fraction of sp³-hybridized carbons (Fsp3) is 0.500. The molecule has 4 nitrogen and oxygen atoms in total. The minimum atomic E-state index is -0.973. The van der Waals surface area contributed by atoms with Crippen LogP contribution in [0.3, 0.4) is 0 Å². The van der Waals surface area contributed by atoms with Gasteiger partial charge in [-0.2, -0.15) is 0 Å². The number of rotatable bonds is 6. The molecule has 1 unspecified atom stereocenters. The van der Waals surface area contributed by atoms with Crippen molar-refractivity contribution in [3.8, 4) is 0 Å². The summed E-state index contributed by atoms with van der Waals surface area (Å²) in [6, 6.07) is 2.94. The lowest BCUT2D eigenvalue weighted by atomic mass is 9.99. The van der Waals surface area contributed by atoms with E-state index in [1.165, 1.54) is 11.3 Å². The molecule has 2 N–H and O–H groups in total. The van der Waals surface area contributed by atoms with Crippen molar-refractivity contribution in [1.29, 1.82) is 0 Å². The third kappa shape index (κ3) is 4.19. The molecule has 94 valence electrons. The second kappa shape index (κ2) is 6.39. The molecule has 0 spiro atoms. The molecule has 0 aliphatic rings. The van der Waals surface area contributed by atoms with E-state index in [0.717, 1.165) is 11.3 Å². The first kappa shape index (κ1) is 13.7. The summed E-state index contributed by atoms with van der Waals surface area (Å²) in [5.74, 6) is -1.28. The van der Waals surface area contributed by atoms with Gasteiger partial charge in [0.15, 0.2) is 0 Å².